The number of nitrogens with two attached hydrogens (primary N) is 1. The van der Waals surface area contributed by atoms with Gasteiger partial charge in [0.05, 0.1) is 11.3 Å². The lowest BCUT2D eigenvalue weighted by Crippen LogP contribution is -2.16. The fourth-order valence-corrected chi connectivity index (χ4v) is 2.04. The van der Waals surface area contributed by atoms with Crippen LogP contribution in [0.15, 0.2) is 22.7 Å². The Morgan fingerprint density at radius 2 is 1.95 bits per heavy atom. The van der Waals surface area contributed by atoms with Gasteiger partial charge in [0.1, 0.15) is 0 Å². The maximum Gasteiger partial charge on any atom is 0.418 e. The molecule has 1 aromatic carbocycles. The van der Waals surface area contributed by atoms with E-state index in [0.29, 0.717) is 17.4 Å². The van der Waals surface area contributed by atoms with E-state index >= 15 is 0 Å². The molecule has 3 nitrogen and oxygen atoms in total. The van der Waals surface area contributed by atoms with Crippen LogP contribution in [0.3, 0.4) is 0 Å². The number of anilines is 1. The molecule has 1 amide bonds. The van der Waals surface area contributed by atoms with E-state index in [1.165, 1.54) is 12.1 Å². The van der Waals surface area contributed by atoms with E-state index < -0.39 is 17.6 Å². The number of carbonyl (C=O) groups is 1. The minimum absolute atomic E-state index is 0.188. The number of hydrogen-bond acceptors (Lipinski definition) is 2. The Morgan fingerprint density at radius 1 is 1.25 bits per heavy atom. The highest BCUT2D eigenvalue weighted by Crippen LogP contribution is 2.36. The molecule has 0 aliphatic carbocycles. The zero-order valence-electron chi connectivity index (χ0n) is 10.8. The SMILES string of the molecule is NCCCCCC(=O)Nc1ccc(Br)cc1C(F)(F)F. The standard InChI is InChI=1S/C13H16BrF3N2O/c14-9-5-6-11(10(8-9)13(15,16)17)19-12(20)4-2-1-3-7-18/h5-6,8H,1-4,7,18H2,(H,19,20). The summed E-state index contributed by atoms with van der Waals surface area (Å²) < 4.78 is 38.8. The molecule has 1 aromatic rings. The number of amides is 1. The van der Waals surface area contributed by atoms with Gasteiger partial charge in [-0.1, -0.05) is 22.4 Å². The highest BCUT2D eigenvalue weighted by Gasteiger charge is 2.34. The van der Waals surface area contributed by atoms with Crippen molar-refractivity contribution in [2.24, 2.45) is 5.73 Å². The Balaban J connectivity index is 2.70. The van der Waals surface area contributed by atoms with E-state index in [1.54, 1.807) is 0 Å². The molecule has 0 radical (unpaired) electrons. The fourth-order valence-electron chi connectivity index (χ4n) is 1.68. The van der Waals surface area contributed by atoms with Gasteiger partial charge in [0.2, 0.25) is 5.91 Å². The molecule has 0 aromatic heterocycles. The number of hydrogen-bond donors (Lipinski definition) is 2. The van der Waals surface area contributed by atoms with Crippen molar-refractivity contribution in [3.05, 3.63) is 28.2 Å². The summed E-state index contributed by atoms with van der Waals surface area (Å²) in [5, 5.41) is 2.31. The largest absolute Gasteiger partial charge is 0.418 e. The number of carbonyl (C=O) groups excluding carboxylic acids is 1. The molecule has 3 N–H and O–H groups in total. The number of rotatable bonds is 6. The van der Waals surface area contributed by atoms with Crippen molar-refractivity contribution in [1.82, 2.24) is 0 Å². The summed E-state index contributed by atoms with van der Waals surface area (Å²) in [6.45, 7) is 0.548. The molecule has 0 bridgehead atoms. The first-order valence-electron chi connectivity index (χ1n) is 6.21. The zero-order chi connectivity index (χ0) is 15.2. The third kappa shape index (κ3) is 5.50. The molecule has 0 aliphatic rings. The summed E-state index contributed by atoms with van der Waals surface area (Å²) in [6, 6.07) is 3.65. The molecule has 0 spiro atoms. The first kappa shape index (κ1) is 17.0. The topological polar surface area (TPSA) is 55.1 Å². The van der Waals surface area contributed by atoms with Gasteiger partial charge in [-0.25, -0.2) is 0 Å². The number of benzene rings is 1. The van der Waals surface area contributed by atoms with E-state index in [0.717, 1.165) is 18.9 Å². The van der Waals surface area contributed by atoms with Gasteiger partial charge in [0, 0.05) is 10.9 Å². The predicted molar refractivity (Wildman–Crippen MR) is 75.3 cm³/mol. The van der Waals surface area contributed by atoms with Crippen LogP contribution in [0, 0.1) is 0 Å². The summed E-state index contributed by atoms with van der Waals surface area (Å²) in [5.74, 6) is -0.421. The first-order valence-corrected chi connectivity index (χ1v) is 7.00. The molecular formula is C13H16BrF3N2O. The van der Waals surface area contributed by atoms with E-state index in [1.807, 2.05) is 0 Å². The zero-order valence-corrected chi connectivity index (χ0v) is 12.4. The molecule has 0 heterocycles. The summed E-state index contributed by atoms with van der Waals surface area (Å²) in [7, 11) is 0. The van der Waals surface area contributed by atoms with Gasteiger partial charge in [-0.15, -0.1) is 0 Å². The van der Waals surface area contributed by atoms with Gasteiger partial charge in [0.25, 0.3) is 0 Å². The van der Waals surface area contributed by atoms with E-state index in [9.17, 15) is 18.0 Å². The Kier molecular flexibility index (Phi) is 6.48. The Labute approximate surface area is 123 Å². The monoisotopic (exact) mass is 352 g/mol. The van der Waals surface area contributed by atoms with Gasteiger partial charge in [-0.05, 0) is 37.6 Å². The molecule has 0 saturated carbocycles. The average Bonchev–Trinajstić information content (AvgIpc) is 2.35. The van der Waals surface area contributed by atoms with Crippen LogP contribution < -0.4 is 11.1 Å². The van der Waals surface area contributed by atoms with Crippen LogP contribution in [0.1, 0.15) is 31.2 Å². The lowest BCUT2D eigenvalue weighted by molar-refractivity contribution is -0.137. The smallest absolute Gasteiger partial charge is 0.330 e. The Hall–Kier alpha value is -1.08. The molecular weight excluding hydrogens is 337 g/mol. The highest BCUT2D eigenvalue weighted by molar-refractivity contribution is 9.10. The Bertz CT molecular complexity index is 463. The first-order chi connectivity index (χ1) is 9.34. The number of unbranched alkanes of at least 4 members (excludes halogenated alkanes) is 2. The molecule has 112 valence electrons. The molecule has 0 fully saturated rings. The lowest BCUT2D eigenvalue weighted by Gasteiger charge is -2.14. The second-order valence-electron chi connectivity index (χ2n) is 4.34. The normalized spacial score (nSPS) is 11.4. The third-order valence-corrected chi connectivity index (χ3v) is 3.16. The number of halogens is 4. The van der Waals surface area contributed by atoms with Crippen molar-refractivity contribution >= 4 is 27.5 Å². The van der Waals surface area contributed by atoms with E-state index in [2.05, 4.69) is 21.2 Å². The summed E-state index contributed by atoms with van der Waals surface area (Å²) in [4.78, 5) is 11.6. The van der Waals surface area contributed by atoms with Crippen LogP contribution in [0.4, 0.5) is 18.9 Å². The summed E-state index contributed by atoms with van der Waals surface area (Å²) >= 11 is 2.99. The van der Waals surface area contributed by atoms with Crippen LogP contribution in [0.25, 0.3) is 0 Å². The number of alkyl halides is 3. The van der Waals surface area contributed by atoms with Crippen molar-refractivity contribution < 1.29 is 18.0 Å². The second-order valence-corrected chi connectivity index (χ2v) is 5.25. The van der Waals surface area contributed by atoms with Gasteiger partial charge < -0.3 is 11.1 Å². The van der Waals surface area contributed by atoms with Crippen molar-refractivity contribution in [3.8, 4) is 0 Å². The lowest BCUT2D eigenvalue weighted by atomic mass is 10.1. The van der Waals surface area contributed by atoms with Crippen LogP contribution in [0.2, 0.25) is 0 Å². The average molecular weight is 353 g/mol. The third-order valence-electron chi connectivity index (χ3n) is 2.67. The van der Waals surface area contributed by atoms with Gasteiger partial charge >= 0.3 is 6.18 Å². The predicted octanol–water partition coefficient (Wildman–Crippen LogP) is 3.93. The maximum atomic E-state index is 12.8. The van der Waals surface area contributed by atoms with Crippen molar-refractivity contribution in [1.29, 1.82) is 0 Å². The molecule has 1 rings (SSSR count). The quantitative estimate of drug-likeness (QED) is 0.762. The summed E-state index contributed by atoms with van der Waals surface area (Å²) in [6.07, 6.45) is -2.12. The van der Waals surface area contributed by atoms with Crippen LogP contribution in [-0.2, 0) is 11.0 Å². The minimum Gasteiger partial charge on any atom is -0.330 e. The minimum atomic E-state index is -4.51. The Morgan fingerprint density at radius 3 is 2.55 bits per heavy atom. The van der Waals surface area contributed by atoms with Gasteiger partial charge in [-0.2, -0.15) is 13.2 Å². The molecule has 0 unspecified atom stereocenters. The van der Waals surface area contributed by atoms with Crippen LogP contribution >= 0.6 is 15.9 Å². The molecule has 0 aliphatic heterocycles. The fraction of sp³-hybridized carbons (Fsp3) is 0.462. The van der Waals surface area contributed by atoms with Gasteiger partial charge in [-0.3, -0.25) is 4.79 Å². The van der Waals surface area contributed by atoms with Crippen molar-refractivity contribution in [3.63, 3.8) is 0 Å². The summed E-state index contributed by atoms with van der Waals surface area (Å²) in [5.41, 5.74) is 4.24. The maximum absolute atomic E-state index is 12.8. The van der Waals surface area contributed by atoms with Crippen LogP contribution in [-0.4, -0.2) is 12.5 Å². The van der Waals surface area contributed by atoms with E-state index in [-0.39, 0.29) is 12.1 Å². The van der Waals surface area contributed by atoms with Crippen LogP contribution in [0.5, 0.6) is 0 Å². The van der Waals surface area contributed by atoms with E-state index in [4.69, 9.17) is 5.73 Å². The second kappa shape index (κ2) is 7.64. The number of nitrogens with one attached hydrogen (secondary N) is 1. The van der Waals surface area contributed by atoms with Crippen molar-refractivity contribution in [2.75, 3.05) is 11.9 Å². The molecule has 7 heteroatoms. The molecule has 20 heavy (non-hydrogen) atoms. The van der Waals surface area contributed by atoms with Gasteiger partial charge in [0.15, 0.2) is 0 Å². The van der Waals surface area contributed by atoms with Crippen molar-refractivity contribution in [2.45, 2.75) is 31.9 Å². The highest BCUT2D eigenvalue weighted by atomic mass is 79.9. The molecule has 0 atom stereocenters. The molecule has 0 saturated heterocycles.